The van der Waals surface area contributed by atoms with E-state index in [4.69, 9.17) is 30.5 Å². The number of methoxy groups -OCH3 is 4. The van der Waals surface area contributed by atoms with Crippen LogP contribution in [0.5, 0.6) is 23.0 Å². The Kier molecular flexibility index (Phi) is 6.89. The molecule has 0 saturated carbocycles. The summed E-state index contributed by atoms with van der Waals surface area (Å²) in [6, 6.07) is 17.1. The van der Waals surface area contributed by atoms with Gasteiger partial charge in [0.1, 0.15) is 5.75 Å². The molecule has 37 heavy (non-hydrogen) atoms. The van der Waals surface area contributed by atoms with Crippen LogP contribution in [0.4, 0.5) is 11.4 Å². The first-order chi connectivity index (χ1) is 18.0. The topological polar surface area (TPSA) is 78.1 Å². The third-order valence-corrected chi connectivity index (χ3v) is 7.27. The van der Waals surface area contributed by atoms with Crippen LogP contribution in [-0.2, 0) is 4.79 Å². The van der Waals surface area contributed by atoms with E-state index in [1.807, 2.05) is 54.6 Å². The molecule has 0 fully saturated rings. The average molecular weight is 521 g/mol. The Morgan fingerprint density at radius 2 is 1.46 bits per heavy atom. The Morgan fingerprint density at radius 1 is 0.784 bits per heavy atom. The third-order valence-electron chi connectivity index (χ3n) is 6.98. The van der Waals surface area contributed by atoms with Crippen molar-refractivity contribution in [3.05, 3.63) is 82.0 Å². The maximum absolute atomic E-state index is 13.9. The van der Waals surface area contributed by atoms with E-state index in [0.29, 0.717) is 46.4 Å². The van der Waals surface area contributed by atoms with Gasteiger partial charge in [-0.25, -0.2) is 0 Å². The van der Waals surface area contributed by atoms with Gasteiger partial charge >= 0.3 is 0 Å². The smallest absolute Gasteiger partial charge is 0.203 e. The maximum atomic E-state index is 13.9. The lowest BCUT2D eigenvalue weighted by atomic mass is 9.78. The molecule has 0 amide bonds. The predicted molar refractivity (Wildman–Crippen MR) is 145 cm³/mol. The van der Waals surface area contributed by atoms with Crippen LogP contribution in [0.1, 0.15) is 35.9 Å². The van der Waals surface area contributed by atoms with Crippen molar-refractivity contribution in [1.82, 2.24) is 0 Å². The Bertz CT molecular complexity index is 1360. The van der Waals surface area contributed by atoms with Gasteiger partial charge in [-0.05, 0) is 59.9 Å². The van der Waals surface area contributed by atoms with Crippen molar-refractivity contribution in [3.8, 4) is 23.0 Å². The largest absolute Gasteiger partial charge is 0.495 e. The normalized spacial score (nSPS) is 18.6. The summed E-state index contributed by atoms with van der Waals surface area (Å²) < 4.78 is 22.0. The van der Waals surface area contributed by atoms with E-state index in [0.717, 1.165) is 28.2 Å². The Labute approximate surface area is 221 Å². The van der Waals surface area contributed by atoms with E-state index in [-0.39, 0.29) is 17.7 Å². The fourth-order valence-corrected chi connectivity index (χ4v) is 5.44. The van der Waals surface area contributed by atoms with Crippen LogP contribution in [0.25, 0.3) is 0 Å². The lowest BCUT2D eigenvalue weighted by Crippen LogP contribution is -2.27. The quantitative estimate of drug-likeness (QED) is 0.392. The number of hydrogen-bond donors (Lipinski definition) is 2. The number of anilines is 2. The highest BCUT2D eigenvalue weighted by molar-refractivity contribution is 6.32. The molecule has 0 spiro atoms. The minimum atomic E-state index is -0.372. The highest BCUT2D eigenvalue weighted by Gasteiger charge is 2.36. The van der Waals surface area contributed by atoms with Gasteiger partial charge in [0.25, 0.3) is 0 Å². The number of Topliss-reactive ketones (excluding diaryl/α,β-unsaturated/α-hetero) is 1. The summed E-state index contributed by atoms with van der Waals surface area (Å²) in [5, 5.41) is 7.63. The number of carbonyl (C=O) groups is 1. The molecule has 0 bridgehead atoms. The number of allylic oxidation sites excluding steroid dienone is 1. The van der Waals surface area contributed by atoms with Crippen molar-refractivity contribution in [2.75, 3.05) is 39.1 Å². The number of fused-ring (bicyclic) bond motifs is 1. The van der Waals surface area contributed by atoms with Crippen LogP contribution in [0.2, 0.25) is 5.02 Å². The molecule has 2 aliphatic rings. The minimum Gasteiger partial charge on any atom is -0.495 e. The summed E-state index contributed by atoms with van der Waals surface area (Å²) in [6.45, 7) is 0. The zero-order valence-electron chi connectivity index (χ0n) is 21.2. The summed E-state index contributed by atoms with van der Waals surface area (Å²) >= 11 is 6.48. The number of nitrogens with one attached hydrogen (secondary N) is 2. The van der Waals surface area contributed by atoms with Crippen molar-refractivity contribution in [1.29, 1.82) is 0 Å². The molecule has 0 radical (unpaired) electrons. The second-order valence-electron chi connectivity index (χ2n) is 9.02. The molecule has 7 nitrogen and oxygen atoms in total. The van der Waals surface area contributed by atoms with E-state index in [1.54, 1.807) is 28.4 Å². The highest BCUT2D eigenvalue weighted by Crippen LogP contribution is 2.47. The van der Waals surface area contributed by atoms with Gasteiger partial charge in [0.15, 0.2) is 17.3 Å². The van der Waals surface area contributed by atoms with Gasteiger partial charge in [0, 0.05) is 17.7 Å². The molecule has 5 rings (SSSR count). The molecule has 3 aromatic rings. The molecule has 2 atom stereocenters. The molecule has 0 saturated heterocycles. The number of rotatable bonds is 6. The highest BCUT2D eigenvalue weighted by atomic mass is 35.5. The van der Waals surface area contributed by atoms with Crippen molar-refractivity contribution in [3.63, 3.8) is 0 Å². The average Bonchev–Trinajstić information content (AvgIpc) is 3.09. The number of halogens is 1. The minimum absolute atomic E-state index is 0.0600. The van der Waals surface area contributed by atoms with E-state index in [9.17, 15) is 4.79 Å². The number of carbonyl (C=O) groups excluding carboxylic acids is 1. The fourth-order valence-electron chi connectivity index (χ4n) is 5.18. The van der Waals surface area contributed by atoms with Crippen molar-refractivity contribution in [2.45, 2.75) is 24.8 Å². The van der Waals surface area contributed by atoms with Crippen molar-refractivity contribution >= 4 is 28.8 Å². The first-order valence-corrected chi connectivity index (χ1v) is 12.4. The molecule has 3 aromatic carbocycles. The second-order valence-corrected chi connectivity index (χ2v) is 9.43. The van der Waals surface area contributed by atoms with Crippen LogP contribution in [-0.4, -0.2) is 34.2 Å². The lowest BCUT2D eigenvalue weighted by Gasteiger charge is -2.30. The number of ketones is 1. The molecule has 1 heterocycles. The van der Waals surface area contributed by atoms with E-state index in [1.165, 1.54) is 0 Å². The zero-order valence-corrected chi connectivity index (χ0v) is 21.9. The summed E-state index contributed by atoms with van der Waals surface area (Å²) in [7, 11) is 6.34. The van der Waals surface area contributed by atoms with E-state index in [2.05, 4.69) is 10.6 Å². The molecule has 1 aliphatic heterocycles. The van der Waals surface area contributed by atoms with Crippen molar-refractivity contribution in [2.24, 2.45) is 0 Å². The third kappa shape index (κ3) is 4.55. The van der Waals surface area contributed by atoms with Crippen LogP contribution < -0.4 is 29.6 Å². The number of hydrogen-bond acceptors (Lipinski definition) is 7. The van der Waals surface area contributed by atoms with Gasteiger partial charge in [-0.1, -0.05) is 29.8 Å². The Balaban J connectivity index is 1.60. The maximum Gasteiger partial charge on any atom is 0.203 e. The van der Waals surface area contributed by atoms with Gasteiger partial charge < -0.3 is 29.6 Å². The second kappa shape index (κ2) is 10.3. The van der Waals surface area contributed by atoms with Crippen LogP contribution in [0.15, 0.2) is 65.9 Å². The Hall–Kier alpha value is -3.84. The number of benzene rings is 3. The summed E-state index contributed by atoms with van der Waals surface area (Å²) in [5.74, 6) is 2.23. The van der Waals surface area contributed by atoms with Crippen molar-refractivity contribution < 1.29 is 23.7 Å². The molecule has 192 valence electrons. The lowest BCUT2D eigenvalue weighted by molar-refractivity contribution is -0.116. The molecule has 8 heteroatoms. The zero-order chi connectivity index (χ0) is 26.1. The summed E-state index contributed by atoms with van der Waals surface area (Å²) in [6.07, 6.45) is 0.980. The van der Waals surface area contributed by atoms with Gasteiger partial charge in [0.2, 0.25) is 5.75 Å². The fraction of sp³-hybridized carbons (Fsp3) is 0.276. The molecule has 1 aliphatic carbocycles. The van der Waals surface area contributed by atoms with Gasteiger partial charge in [0.05, 0.1) is 50.9 Å². The standard InChI is InChI=1S/C29H29ClN2O5/c1-34-24-10-9-16(11-19(24)30)28-27-22(31-20-7-5-6-8-21(20)32-28)12-17(13-23(27)33)18-14-25(35-2)29(37-4)26(15-18)36-3/h5-11,14-15,17,28,31-32H,12-13H2,1-4H3. The summed E-state index contributed by atoms with van der Waals surface area (Å²) in [5.41, 5.74) is 5.24. The summed E-state index contributed by atoms with van der Waals surface area (Å²) in [4.78, 5) is 13.9. The van der Waals surface area contributed by atoms with Crippen LogP contribution in [0, 0.1) is 0 Å². The van der Waals surface area contributed by atoms with E-state index < -0.39 is 0 Å². The SMILES string of the molecule is COc1ccc(C2Nc3ccccc3NC3=C2C(=O)CC(c2cc(OC)c(OC)c(OC)c2)C3)cc1Cl. The monoisotopic (exact) mass is 520 g/mol. The van der Waals surface area contributed by atoms with Gasteiger partial charge in [-0.2, -0.15) is 0 Å². The molecule has 2 N–H and O–H groups in total. The van der Waals surface area contributed by atoms with Gasteiger partial charge in [-0.15, -0.1) is 0 Å². The molecule has 2 unspecified atom stereocenters. The first kappa shape index (κ1) is 24.8. The first-order valence-electron chi connectivity index (χ1n) is 12.0. The van der Waals surface area contributed by atoms with Crippen LogP contribution in [0.3, 0.4) is 0 Å². The van der Waals surface area contributed by atoms with E-state index >= 15 is 0 Å². The Morgan fingerprint density at radius 3 is 2.08 bits per heavy atom. The molecular weight excluding hydrogens is 492 g/mol. The van der Waals surface area contributed by atoms with Gasteiger partial charge in [-0.3, -0.25) is 4.79 Å². The predicted octanol–water partition coefficient (Wildman–Crippen LogP) is 6.35. The molecular formula is C29H29ClN2O5. The molecule has 0 aromatic heterocycles. The van der Waals surface area contributed by atoms with Crippen LogP contribution >= 0.6 is 11.6 Å². The number of ether oxygens (including phenoxy) is 4. The number of para-hydroxylation sites is 2.